The van der Waals surface area contributed by atoms with Crippen LogP contribution in [0, 0.1) is 0 Å². The Morgan fingerprint density at radius 3 is 2.38 bits per heavy atom. The number of benzene rings is 2. The van der Waals surface area contributed by atoms with Gasteiger partial charge in [-0.25, -0.2) is 4.79 Å². The summed E-state index contributed by atoms with van der Waals surface area (Å²) < 4.78 is 16.6. The number of pyridine rings is 1. The lowest BCUT2D eigenvalue weighted by Gasteiger charge is -2.14. The number of aliphatic hydroxyl groups excluding tert-OH is 1. The van der Waals surface area contributed by atoms with Crippen LogP contribution >= 0.6 is 0 Å². The molecule has 0 saturated heterocycles. The largest absolute Gasteiger partial charge is 0.489 e. The zero-order valence-electron chi connectivity index (χ0n) is 16.2. The van der Waals surface area contributed by atoms with E-state index in [9.17, 15) is 4.79 Å². The number of hydrogen-bond donors (Lipinski definition) is 1. The molecule has 29 heavy (non-hydrogen) atoms. The molecule has 0 aliphatic rings. The highest BCUT2D eigenvalue weighted by atomic mass is 16.6. The van der Waals surface area contributed by atoms with Crippen molar-refractivity contribution in [1.82, 2.24) is 4.98 Å². The minimum Gasteiger partial charge on any atom is -0.489 e. The molecule has 1 heterocycles. The highest BCUT2D eigenvalue weighted by Gasteiger charge is 2.16. The highest BCUT2D eigenvalue weighted by molar-refractivity contribution is 5.74. The number of rotatable bonds is 9. The molecule has 1 unspecified atom stereocenters. The van der Waals surface area contributed by atoms with Gasteiger partial charge in [0.1, 0.15) is 24.7 Å². The fraction of sp³-hybridized carbons (Fsp3) is 0.217. The summed E-state index contributed by atoms with van der Waals surface area (Å²) in [6, 6.07) is 18.1. The molecule has 0 bridgehead atoms. The van der Waals surface area contributed by atoms with E-state index in [4.69, 9.17) is 19.3 Å². The molecule has 3 rings (SSSR count). The van der Waals surface area contributed by atoms with Crippen LogP contribution in [0.15, 0.2) is 73.1 Å². The number of aliphatic hydroxyl groups is 1. The number of ether oxygens (including phenoxy) is 3. The first kappa shape index (κ1) is 20.4. The molecule has 0 saturated carbocycles. The van der Waals surface area contributed by atoms with Crippen molar-refractivity contribution in [3.8, 4) is 11.5 Å². The van der Waals surface area contributed by atoms with Gasteiger partial charge in [0.15, 0.2) is 6.10 Å². The van der Waals surface area contributed by atoms with Crippen molar-refractivity contribution in [1.29, 1.82) is 0 Å². The second-order valence-electron chi connectivity index (χ2n) is 6.46. The molecule has 3 aromatic rings. The van der Waals surface area contributed by atoms with Crippen molar-refractivity contribution in [2.45, 2.75) is 32.8 Å². The number of carbonyl (C=O) groups excluding carboxylic acids is 1. The average Bonchev–Trinajstić information content (AvgIpc) is 2.77. The van der Waals surface area contributed by atoms with E-state index in [1.165, 1.54) is 0 Å². The molecule has 6 nitrogen and oxygen atoms in total. The number of carbonyl (C=O) groups is 1. The normalized spacial score (nSPS) is 11.5. The summed E-state index contributed by atoms with van der Waals surface area (Å²) in [7, 11) is 0. The molecule has 0 fully saturated rings. The van der Waals surface area contributed by atoms with E-state index in [0.29, 0.717) is 17.9 Å². The third kappa shape index (κ3) is 6.33. The fourth-order valence-electron chi connectivity index (χ4n) is 2.57. The lowest BCUT2D eigenvalue weighted by atomic mass is 10.2. The SMILES string of the molecule is CC(Oc1cccc(CO)c1)C(=O)OCc1ccc(OCc2ccncc2)cc1. The molecule has 0 aliphatic carbocycles. The van der Waals surface area contributed by atoms with Gasteiger partial charge in [-0.15, -0.1) is 0 Å². The number of aromatic nitrogens is 1. The summed E-state index contributed by atoms with van der Waals surface area (Å²) in [4.78, 5) is 16.1. The molecule has 0 amide bonds. The van der Waals surface area contributed by atoms with E-state index in [1.54, 1.807) is 43.6 Å². The molecule has 1 aromatic heterocycles. The molecule has 0 radical (unpaired) electrons. The Balaban J connectivity index is 1.45. The maximum atomic E-state index is 12.2. The second-order valence-corrected chi connectivity index (χ2v) is 6.46. The average molecular weight is 393 g/mol. The van der Waals surface area contributed by atoms with Crippen LogP contribution in [0.2, 0.25) is 0 Å². The summed E-state index contributed by atoms with van der Waals surface area (Å²) in [5.41, 5.74) is 2.61. The predicted octanol–water partition coefficient (Wildman–Crippen LogP) is 3.66. The van der Waals surface area contributed by atoms with Crippen LogP contribution < -0.4 is 9.47 Å². The maximum absolute atomic E-state index is 12.2. The van der Waals surface area contributed by atoms with Crippen LogP contribution in [0.5, 0.6) is 11.5 Å². The Morgan fingerprint density at radius 2 is 1.66 bits per heavy atom. The zero-order chi connectivity index (χ0) is 20.5. The Hall–Kier alpha value is -3.38. The van der Waals surface area contributed by atoms with Crippen molar-refractivity contribution < 1.29 is 24.1 Å². The van der Waals surface area contributed by atoms with Crippen LogP contribution in [-0.4, -0.2) is 22.2 Å². The highest BCUT2D eigenvalue weighted by Crippen LogP contribution is 2.17. The van der Waals surface area contributed by atoms with Gasteiger partial charge in [0.25, 0.3) is 0 Å². The van der Waals surface area contributed by atoms with E-state index < -0.39 is 12.1 Å². The predicted molar refractivity (Wildman–Crippen MR) is 107 cm³/mol. The Labute approximate surface area is 169 Å². The van der Waals surface area contributed by atoms with Crippen molar-refractivity contribution in [2.24, 2.45) is 0 Å². The fourth-order valence-corrected chi connectivity index (χ4v) is 2.57. The van der Waals surface area contributed by atoms with Crippen molar-refractivity contribution in [3.05, 3.63) is 89.7 Å². The van der Waals surface area contributed by atoms with Gasteiger partial charge in [-0.2, -0.15) is 0 Å². The van der Waals surface area contributed by atoms with E-state index in [0.717, 1.165) is 16.9 Å². The van der Waals surface area contributed by atoms with Gasteiger partial charge >= 0.3 is 5.97 Å². The third-order valence-electron chi connectivity index (χ3n) is 4.19. The van der Waals surface area contributed by atoms with Crippen LogP contribution in [0.1, 0.15) is 23.6 Å². The second kappa shape index (κ2) is 10.2. The summed E-state index contributed by atoms with van der Waals surface area (Å²) in [6.07, 6.45) is 2.70. The topological polar surface area (TPSA) is 77.9 Å². The summed E-state index contributed by atoms with van der Waals surface area (Å²) >= 11 is 0. The first-order valence-corrected chi connectivity index (χ1v) is 9.28. The molecular weight excluding hydrogens is 370 g/mol. The lowest BCUT2D eigenvalue weighted by Crippen LogP contribution is -2.26. The van der Waals surface area contributed by atoms with Gasteiger partial charge in [-0.3, -0.25) is 4.98 Å². The summed E-state index contributed by atoms with van der Waals surface area (Å²) in [5, 5.41) is 9.17. The van der Waals surface area contributed by atoms with E-state index in [-0.39, 0.29) is 13.2 Å². The van der Waals surface area contributed by atoms with E-state index in [1.807, 2.05) is 36.4 Å². The standard InChI is InChI=1S/C23H23NO5/c1-17(29-22-4-2-3-20(13-22)14-25)23(26)28-16-18-5-7-21(8-6-18)27-15-19-9-11-24-12-10-19/h2-13,17,25H,14-16H2,1H3. The molecule has 0 spiro atoms. The molecule has 1 N–H and O–H groups in total. The smallest absolute Gasteiger partial charge is 0.347 e. The first-order valence-electron chi connectivity index (χ1n) is 9.28. The van der Waals surface area contributed by atoms with Crippen LogP contribution in [-0.2, 0) is 29.4 Å². The monoisotopic (exact) mass is 393 g/mol. The number of esters is 1. The van der Waals surface area contributed by atoms with Gasteiger partial charge in [-0.05, 0) is 60.0 Å². The van der Waals surface area contributed by atoms with Crippen molar-refractivity contribution >= 4 is 5.97 Å². The van der Waals surface area contributed by atoms with Gasteiger partial charge in [0.05, 0.1) is 6.61 Å². The van der Waals surface area contributed by atoms with E-state index >= 15 is 0 Å². The number of nitrogens with zero attached hydrogens (tertiary/aromatic N) is 1. The maximum Gasteiger partial charge on any atom is 0.347 e. The molecule has 150 valence electrons. The Kier molecular flexibility index (Phi) is 7.19. The minimum absolute atomic E-state index is 0.0850. The molecule has 1 atom stereocenters. The first-order chi connectivity index (χ1) is 14.1. The lowest BCUT2D eigenvalue weighted by molar-refractivity contribution is -0.152. The minimum atomic E-state index is -0.757. The number of hydrogen-bond acceptors (Lipinski definition) is 6. The Morgan fingerprint density at radius 1 is 0.931 bits per heavy atom. The summed E-state index contributed by atoms with van der Waals surface area (Å²) in [6.45, 7) is 2.15. The molecule has 0 aliphatic heterocycles. The van der Waals surface area contributed by atoms with Crippen LogP contribution in [0.4, 0.5) is 0 Å². The molecule has 6 heteroatoms. The van der Waals surface area contributed by atoms with E-state index in [2.05, 4.69) is 4.98 Å². The van der Waals surface area contributed by atoms with Crippen LogP contribution in [0.3, 0.4) is 0 Å². The summed E-state index contributed by atoms with van der Waals surface area (Å²) in [5.74, 6) is 0.784. The van der Waals surface area contributed by atoms with Crippen molar-refractivity contribution in [3.63, 3.8) is 0 Å². The third-order valence-corrected chi connectivity index (χ3v) is 4.19. The van der Waals surface area contributed by atoms with Crippen LogP contribution in [0.25, 0.3) is 0 Å². The van der Waals surface area contributed by atoms with Gasteiger partial charge in [0.2, 0.25) is 0 Å². The van der Waals surface area contributed by atoms with Crippen molar-refractivity contribution in [2.75, 3.05) is 0 Å². The zero-order valence-corrected chi connectivity index (χ0v) is 16.2. The molecular formula is C23H23NO5. The van der Waals surface area contributed by atoms with Gasteiger partial charge < -0.3 is 19.3 Å². The molecule has 2 aromatic carbocycles. The Bertz CT molecular complexity index is 912. The van der Waals surface area contributed by atoms with Gasteiger partial charge in [0, 0.05) is 12.4 Å². The van der Waals surface area contributed by atoms with Gasteiger partial charge in [-0.1, -0.05) is 24.3 Å². The quantitative estimate of drug-likeness (QED) is 0.559.